The van der Waals surface area contributed by atoms with Gasteiger partial charge in [0.2, 0.25) is 10.0 Å². The maximum Gasteiger partial charge on any atom is 0.336 e. The van der Waals surface area contributed by atoms with Gasteiger partial charge in [-0.1, -0.05) is 29.8 Å². The zero-order valence-electron chi connectivity index (χ0n) is 14.8. The number of amides is 1. The molecule has 0 aliphatic carbocycles. The van der Waals surface area contributed by atoms with Gasteiger partial charge in [-0.25, -0.2) is 13.2 Å². The molecule has 0 radical (unpaired) electrons. The van der Waals surface area contributed by atoms with Crippen LogP contribution in [0.3, 0.4) is 0 Å². The van der Waals surface area contributed by atoms with Crippen molar-refractivity contribution in [2.75, 3.05) is 26.2 Å². The van der Waals surface area contributed by atoms with E-state index in [1.165, 1.54) is 21.3 Å². The molecule has 1 fully saturated rings. The Hall–Kier alpha value is -2.71. The van der Waals surface area contributed by atoms with Crippen LogP contribution in [0.4, 0.5) is 0 Å². The molecule has 0 bridgehead atoms. The number of benzene rings is 2. The van der Waals surface area contributed by atoms with Crippen LogP contribution in [0, 0.1) is 6.92 Å². The normalized spacial score (nSPS) is 15.5. The van der Waals surface area contributed by atoms with Crippen LogP contribution in [0.5, 0.6) is 0 Å². The van der Waals surface area contributed by atoms with Gasteiger partial charge in [-0.3, -0.25) is 4.79 Å². The molecule has 0 aromatic heterocycles. The van der Waals surface area contributed by atoms with Crippen molar-refractivity contribution in [1.82, 2.24) is 9.21 Å². The minimum atomic E-state index is -3.61. The molecule has 0 unspecified atom stereocenters. The van der Waals surface area contributed by atoms with Crippen molar-refractivity contribution in [3.05, 3.63) is 65.2 Å². The molecule has 0 spiro atoms. The number of hydrogen-bond donors (Lipinski definition) is 1. The van der Waals surface area contributed by atoms with Gasteiger partial charge in [0.25, 0.3) is 5.91 Å². The molecule has 2 aromatic rings. The number of nitrogens with zero attached hydrogens (tertiary/aromatic N) is 2. The van der Waals surface area contributed by atoms with Gasteiger partial charge in [-0.05, 0) is 31.2 Å². The maximum atomic E-state index is 12.7. The maximum absolute atomic E-state index is 12.7. The summed E-state index contributed by atoms with van der Waals surface area (Å²) in [5.41, 5.74) is 1.03. The first kappa shape index (κ1) is 19.1. The zero-order chi connectivity index (χ0) is 19.6. The number of hydrogen-bond acceptors (Lipinski definition) is 4. The van der Waals surface area contributed by atoms with E-state index in [4.69, 9.17) is 0 Å². The first-order valence-corrected chi connectivity index (χ1v) is 9.93. The van der Waals surface area contributed by atoms with Crippen molar-refractivity contribution in [2.45, 2.75) is 11.8 Å². The number of aromatic carboxylic acids is 1. The zero-order valence-corrected chi connectivity index (χ0v) is 15.6. The molecule has 142 valence electrons. The van der Waals surface area contributed by atoms with Crippen molar-refractivity contribution in [2.24, 2.45) is 0 Å². The lowest BCUT2D eigenvalue weighted by Gasteiger charge is -2.34. The SMILES string of the molecule is Cc1ccc(S(=O)(=O)N2CCN(C(=O)c3ccccc3C(=O)O)CC2)cc1. The van der Waals surface area contributed by atoms with Gasteiger partial charge < -0.3 is 10.0 Å². The highest BCUT2D eigenvalue weighted by molar-refractivity contribution is 7.89. The Kier molecular flexibility index (Phi) is 5.29. The summed E-state index contributed by atoms with van der Waals surface area (Å²) in [6.45, 7) is 2.62. The van der Waals surface area contributed by atoms with Crippen LogP contribution in [0.25, 0.3) is 0 Å². The van der Waals surface area contributed by atoms with Gasteiger partial charge in [0, 0.05) is 26.2 Å². The van der Waals surface area contributed by atoms with Crippen LogP contribution < -0.4 is 0 Å². The molecule has 8 heteroatoms. The lowest BCUT2D eigenvalue weighted by Crippen LogP contribution is -2.50. The summed E-state index contributed by atoms with van der Waals surface area (Å²) in [6, 6.07) is 12.7. The minimum absolute atomic E-state index is 0.0581. The Labute approximate surface area is 157 Å². The first-order chi connectivity index (χ1) is 12.8. The van der Waals surface area contributed by atoms with E-state index in [9.17, 15) is 23.1 Å². The number of aryl methyl sites for hydroxylation is 1. The third kappa shape index (κ3) is 3.86. The van der Waals surface area contributed by atoms with E-state index in [2.05, 4.69) is 0 Å². The number of carbonyl (C=O) groups is 2. The Morgan fingerprint density at radius 2 is 1.44 bits per heavy atom. The highest BCUT2D eigenvalue weighted by atomic mass is 32.2. The quantitative estimate of drug-likeness (QED) is 0.862. The first-order valence-electron chi connectivity index (χ1n) is 8.49. The van der Waals surface area contributed by atoms with Crippen molar-refractivity contribution in [3.63, 3.8) is 0 Å². The van der Waals surface area contributed by atoms with E-state index < -0.39 is 21.9 Å². The second kappa shape index (κ2) is 7.50. The molecule has 2 aromatic carbocycles. The molecular weight excluding hydrogens is 368 g/mol. The van der Waals surface area contributed by atoms with Crippen molar-refractivity contribution < 1.29 is 23.1 Å². The van der Waals surface area contributed by atoms with Crippen molar-refractivity contribution in [3.8, 4) is 0 Å². The number of rotatable bonds is 4. The molecule has 1 amide bonds. The smallest absolute Gasteiger partial charge is 0.336 e. The topological polar surface area (TPSA) is 95.0 Å². The number of carbonyl (C=O) groups excluding carboxylic acids is 1. The average Bonchev–Trinajstić information content (AvgIpc) is 2.68. The monoisotopic (exact) mass is 388 g/mol. The van der Waals surface area contributed by atoms with Crippen molar-refractivity contribution in [1.29, 1.82) is 0 Å². The lowest BCUT2D eigenvalue weighted by molar-refractivity contribution is 0.0656. The molecule has 1 saturated heterocycles. The summed E-state index contributed by atoms with van der Waals surface area (Å²) in [5, 5.41) is 9.25. The summed E-state index contributed by atoms with van der Waals surface area (Å²) >= 11 is 0. The largest absolute Gasteiger partial charge is 0.478 e. The van der Waals surface area contributed by atoms with E-state index in [0.29, 0.717) is 0 Å². The van der Waals surface area contributed by atoms with Crippen LogP contribution in [0.15, 0.2) is 53.4 Å². The summed E-state index contributed by atoms with van der Waals surface area (Å²) in [4.78, 5) is 25.7. The third-order valence-electron chi connectivity index (χ3n) is 4.57. The second-order valence-corrected chi connectivity index (χ2v) is 8.30. The molecule has 1 aliphatic heterocycles. The van der Waals surface area contributed by atoms with Crippen molar-refractivity contribution >= 4 is 21.9 Å². The van der Waals surface area contributed by atoms with E-state index >= 15 is 0 Å². The Balaban J connectivity index is 1.73. The standard InChI is InChI=1S/C19H20N2O5S/c1-14-6-8-15(9-7-14)27(25,26)21-12-10-20(11-13-21)18(22)16-4-2-3-5-17(16)19(23)24/h2-9H,10-13H2,1H3,(H,23,24). The molecular formula is C19H20N2O5S. The highest BCUT2D eigenvalue weighted by Gasteiger charge is 2.31. The average molecular weight is 388 g/mol. The summed E-state index contributed by atoms with van der Waals surface area (Å²) in [5.74, 6) is -1.57. The Morgan fingerprint density at radius 1 is 0.889 bits per heavy atom. The summed E-state index contributed by atoms with van der Waals surface area (Å²) in [7, 11) is -3.61. The van der Waals surface area contributed by atoms with Crippen LogP contribution in [0.2, 0.25) is 0 Å². The Bertz CT molecular complexity index is 962. The Morgan fingerprint density at radius 3 is 2.00 bits per heavy atom. The third-order valence-corrected chi connectivity index (χ3v) is 6.49. The molecule has 1 aliphatic rings. The predicted octanol–water partition coefficient (Wildman–Crippen LogP) is 1.84. The number of carboxylic acid groups (broad SMARTS) is 1. The fraction of sp³-hybridized carbons (Fsp3) is 0.263. The highest BCUT2D eigenvalue weighted by Crippen LogP contribution is 2.20. The van der Waals surface area contributed by atoms with E-state index in [1.54, 1.807) is 36.4 Å². The minimum Gasteiger partial charge on any atom is -0.478 e. The van der Waals surface area contributed by atoms with Crippen LogP contribution in [-0.4, -0.2) is 60.8 Å². The summed E-state index contributed by atoms with van der Waals surface area (Å²) in [6.07, 6.45) is 0. The molecule has 0 atom stereocenters. The van der Waals surface area contributed by atoms with E-state index in [1.807, 2.05) is 6.92 Å². The van der Waals surface area contributed by atoms with Crippen LogP contribution in [0.1, 0.15) is 26.3 Å². The fourth-order valence-electron chi connectivity index (χ4n) is 3.02. The van der Waals surface area contributed by atoms with E-state index in [-0.39, 0.29) is 42.2 Å². The summed E-state index contributed by atoms with van der Waals surface area (Å²) < 4.78 is 26.8. The lowest BCUT2D eigenvalue weighted by atomic mass is 10.1. The van der Waals surface area contributed by atoms with Gasteiger partial charge in [-0.15, -0.1) is 0 Å². The number of carboxylic acids is 1. The molecule has 7 nitrogen and oxygen atoms in total. The van der Waals surface area contributed by atoms with Crippen LogP contribution >= 0.6 is 0 Å². The van der Waals surface area contributed by atoms with Crippen LogP contribution in [-0.2, 0) is 10.0 Å². The predicted molar refractivity (Wildman–Crippen MR) is 99.2 cm³/mol. The fourth-order valence-corrected chi connectivity index (χ4v) is 4.44. The van der Waals surface area contributed by atoms with Gasteiger partial charge in [0.15, 0.2) is 0 Å². The van der Waals surface area contributed by atoms with Gasteiger partial charge in [-0.2, -0.15) is 4.31 Å². The molecule has 1 heterocycles. The van der Waals surface area contributed by atoms with Gasteiger partial charge >= 0.3 is 5.97 Å². The number of piperazine rings is 1. The second-order valence-electron chi connectivity index (χ2n) is 6.36. The molecule has 27 heavy (non-hydrogen) atoms. The van der Waals surface area contributed by atoms with Gasteiger partial charge in [0.05, 0.1) is 16.0 Å². The molecule has 1 N–H and O–H groups in total. The van der Waals surface area contributed by atoms with Gasteiger partial charge in [0.1, 0.15) is 0 Å². The molecule has 3 rings (SSSR count). The molecule has 0 saturated carbocycles. The van der Waals surface area contributed by atoms with E-state index in [0.717, 1.165) is 5.56 Å². The number of sulfonamides is 1.